The van der Waals surface area contributed by atoms with Crippen molar-refractivity contribution in [3.05, 3.63) is 102 Å². The third-order valence-electron chi connectivity index (χ3n) is 6.61. The fourth-order valence-electron chi connectivity index (χ4n) is 5.10. The highest BCUT2D eigenvalue weighted by molar-refractivity contribution is 6.29. The first-order chi connectivity index (χ1) is 16.2. The summed E-state index contributed by atoms with van der Waals surface area (Å²) >= 11 is 0. The van der Waals surface area contributed by atoms with Crippen LogP contribution >= 0.6 is 0 Å². The Morgan fingerprint density at radius 2 is 1.61 bits per heavy atom. The van der Waals surface area contributed by atoms with Gasteiger partial charge >= 0.3 is 11.6 Å². The van der Waals surface area contributed by atoms with Crippen LogP contribution in [0, 0.1) is 0 Å². The molecule has 33 heavy (non-hydrogen) atoms. The van der Waals surface area contributed by atoms with Crippen LogP contribution in [0.25, 0.3) is 49.1 Å². The van der Waals surface area contributed by atoms with Gasteiger partial charge in [-0.25, -0.2) is 9.36 Å². The molecule has 5 nitrogen and oxygen atoms in total. The maximum absolute atomic E-state index is 11.2. The summed E-state index contributed by atoms with van der Waals surface area (Å²) in [4.78, 5) is 11.2. The molecule has 0 amide bonds. The van der Waals surface area contributed by atoms with Gasteiger partial charge in [-0.3, -0.25) is 0 Å². The number of benzene rings is 4. The average Bonchev–Trinajstić information content (AvgIpc) is 3.33. The van der Waals surface area contributed by atoms with E-state index in [1.54, 1.807) is 12.1 Å². The molecule has 0 aliphatic carbocycles. The number of rotatable bonds is 3. The number of carboxylic acid groups (broad SMARTS) is 1. The maximum Gasteiger partial charge on any atom is 0.335 e. The summed E-state index contributed by atoms with van der Waals surface area (Å²) in [6.45, 7) is 0.620. The van der Waals surface area contributed by atoms with Gasteiger partial charge < -0.3 is 5.11 Å². The molecule has 5 aromatic carbocycles. The van der Waals surface area contributed by atoms with Crippen LogP contribution in [0.4, 0.5) is 0 Å². The van der Waals surface area contributed by atoms with Gasteiger partial charge in [0.05, 0.1) is 5.56 Å². The zero-order valence-electron chi connectivity index (χ0n) is 17.6. The molecule has 0 atom stereocenters. The number of para-hydroxylation sites is 2. The van der Waals surface area contributed by atoms with Crippen molar-refractivity contribution in [2.75, 3.05) is 0 Å². The third kappa shape index (κ3) is 2.50. The first-order valence-corrected chi connectivity index (χ1v) is 10.9. The van der Waals surface area contributed by atoms with Crippen LogP contribution in [0.5, 0.6) is 0 Å². The minimum absolute atomic E-state index is 0.292. The summed E-state index contributed by atoms with van der Waals surface area (Å²) in [5.74, 6) is -0.914. The van der Waals surface area contributed by atoms with Crippen molar-refractivity contribution in [1.29, 1.82) is 0 Å². The van der Waals surface area contributed by atoms with Gasteiger partial charge in [0.15, 0.2) is 5.52 Å². The average molecular weight is 428 g/mol. The van der Waals surface area contributed by atoms with E-state index in [1.165, 1.54) is 21.5 Å². The molecule has 5 heteroatoms. The highest BCUT2D eigenvalue weighted by atomic mass is 16.4. The topological polar surface area (TPSA) is 58.5 Å². The number of hydrogen-bond donors (Lipinski definition) is 1. The number of carboxylic acids is 1. The lowest BCUT2D eigenvalue weighted by molar-refractivity contribution is -0.636. The van der Waals surface area contributed by atoms with E-state index >= 15 is 0 Å². The minimum Gasteiger partial charge on any atom is -0.478 e. The second-order valence-corrected chi connectivity index (χ2v) is 8.46. The molecule has 0 radical (unpaired) electrons. The van der Waals surface area contributed by atoms with Crippen molar-refractivity contribution in [2.24, 2.45) is 0 Å². The molecule has 2 aromatic heterocycles. The van der Waals surface area contributed by atoms with Gasteiger partial charge in [-0.05, 0) is 46.0 Å². The number of aromatic nitrogens is 3. The summed E-state index contributed by atoms with van der Waals surface area (Å²) in [6.07, 6.45) is 0. The van der Waals surface area contributed by atoms with Crippen molar-refractivity contribution < 1.29 is 14.5 Å². The molecule has 0 fully saturated rings. The predicted molar refractivity (Wildman–Crippen MR) is 129 cm³/mol. The van der Waals surface area contributed by atoms with Crippen LogP contribution in [-0.2, 0) is 6.54 Å². The number of hydrogen-bond acceptors (Lipinski definition) is 2. The first kappa shape index (κ1) is 18.1. The fraction of sp³-hybridized carbons (Fsp3) is 0.0357. The maximum atomic E-state index is 11.2. The number of fused-ring (bicyclic) bond motifs is 6. The highest BCUT2D eigenvalue weighted by Crippen LogP contribution is 2.37. The summed E-state index contributed by atoms with van der Waals surface area (Å²) in [7, 11) is 0. The van der Waals surface area contributed by atoms with E-state index in [2.05, 4.69) is 59.2 Å². The summed E-state index contributed by atoms with van der Waals surface area (Å²) < 4.78 is 4.28. The van der Waals surface area contributed by atoms with E-state index in [1.807, 2.05) is 28.8 Å². The Morgan fingerprint density at radius 3 is 2.39 bits per heavy atom. The molecule has 0 saturated heterocycles. The number of imidazole rings is 1. The molecular formula is C28H18N3O2+. The molecule has 7 rings (SSSR count). The third-order valence-corrected chi connectivity index (χ3v) is 6.61. The molecule has 0 unspecified atom stereocenters. The molecule has 2 heterocycles. The molecule has 0 spiro atoms. The van der Waals surface area contributed by atoms with Crippen LogP contribution < -0.4 is 4.57 Å². The Morgan fingerprint density at radius 1 is 0.848 bits per heavy atom. The van der Waals surface area contributed by atoms with Gasteiger partial charge in [0.2, 0.25) is 5.52 Å². The van der Waals surface area contributed by atoms with E-state index in [4.69, 9.17) is 5.10 Å². The van der Waals surface area contributed by atoms with Crippen molar-refractivity contribution in [1.82, 2.24) is 9.61 Å². The van der Waals surface area contributed by atoms with Crippen molar-refractivity contribution >= 4 is 55.1 Å². The largest absolute Gasteiger partial charge is 0.478 e. The van der Waals surface area contributed by atoms with Gasteiger partial charge in [0.25, 0.3) is 0 Å². The summed E-state index contributed by atoms with van der Waals surface area (Å²) in [5, 5.41) is 20.4. The first-order valence-electron chi connectivity index (χ1n) is 10.9. The van der Waals surface area contributed by atoms with Gasteiger partial charge in [-0.2, -0.15) is 0 Å². The molecule has 0 aliphatic rings. The number of carbonyl (C=O) groups is 1. The SMILES string of the molecule is O=C(O)c1ccc(C[n+]2c3ccccc3n3nc4c(cc32)c2cccc3cccc4c32)cc1. The summed E-state index contributed by atoms with van der Waals surface area (Å²) in [6, 6.07) is 30.4. The van der Waals surface area contributed by atoms with Crippen molar-refractivity contribution in [2.45, 2.75) is 6.54 Å². The summed E-state index contributed by atoms with van der Waals surface area (Å²) in [5.41, 5.74) is 5.47. The van der Waals surface area contributed by atoms with Gasteiger partial charge in [-0.15, -0.1) is 0 Å². The van der Waals surface area contributed by atoms with E-state index in [9.17, 15) is 9.90 Å². The van der Waals surface area contributed by atoms with E-state index in [0.717, 1.165) is 33.1 Å². The lowest BCUT2D eigenvalue weighted by Crippen LogP contribution is -2.34. The monoisotopic (exact) mass is 428 g/mol. The number of nitrogens with zero attached hydrogens (tertiary/aromatic N) is 3. The van der Waals surface area contributed by atoms with Crippen LogP contribution in [0.3, 0.4) is 0 Å². The molecule has 0 aliphatic heterocycles. The lowest BCUT2D eigenvalue weighted by Gasteiger charge is -2.01. The Hall–Kier alpha value is -4.51. The van der Waals surface area contributed by atoms with E-state index in [-0.39, 0.29) is 0 Å². The minimum atomic E-state index is -0.914. The molecule has 7 aromatic rings. The Bertz CT molecular complexity index is 1860. The highest BCUT2D eigenvalue weighted by Gasteiger charge is 2.24. The van der Waals surface area contributed by atoms with E-state index < -0.39 is 5.97 Å². The molecule has 0 saturated carbocycles. The van der Waals surface area contributed by atoms with Crippen LogP contribution in [0.2, 0.25) is 0 Å². The van der Waals surface area contributed by atoms with Gasteiger partial charge in [0.1, 0.15) is 12.1 Å². The molecular weight excluding hydrogens is 410 g/mol. The Kier molecular flexibility index (Phi) is 3.56. The second kappa shape index (κ2) is 6.50. The zero-order chi connectivity index (χ0) is 22.1. The molecule has 1 N–H and O–H groups in total. The smallest absolute Gasteiger partial charge is 0.335 e. The van der Waals surface area contributed by atoms with Gasteiger partial charge in [0, 0.05) is 16.8 Å². The number of aromatic carboxylic acids is 1. The Labute approximate surface area is 188 Å². The van der Waals surface area contributed by atoms with Crippen molar-refractivity contribution in [3.63, 3.8) is 0 Å². The normalized spacial score (nSPS) is 12.0. The standard InChI is InChI=1S/C28H17N3O2/c32-28(33)19-13-11-17(12-14-19)16-30-23-9-1-2-10-24(23)31-25(30)15-22-20-7-3-5-18-6-4-8-21(26(18)20)27(22)29-31/h1-15H,16H2/p+1. The van der Waals surface area contributed by atoms with Crippen LogP contribution in [0.15, 0.2) is 91.0 Å². The second-order valence-electron chi connectivity index (χ2n) is 8.46. The Balaban J connectivity index is 1.54. The zero-order valence-corrected chi connectivity index (χ0v) is 17.6. The van der Waals surface area contributed by atoms with Gasteiger partial charge in [-0.1, -0.05) is 70.3 Å². The lowest BCUT2D eigenvalue weighted by atomic mass is 10.1. The van der Waals surface area contributed by atoms with E-state index in [0.29, 0.717) is 12.1 Å². The fourth-order valence-corrected chi connectivity index (χ4v) is 5.10. The predicted octanol–water partition coefficient (Wildman–Crippen LogP) is 5.42. The quantitative estimate of drug-likeness (QED) is 0.383. The molecule has 0 bridgehead atoms. The van der Waals surface area contributed by atoms with Crippen molar-refractivity contribution in [3.8, 4) is 0 Å². The van der Waals surface area contributed by atoms with Crippen LogP contribution in [-0.4, -0.2) is 20.7 Å². The van der Waals surface area contributed by atoms with Crippen LogP contribution in [0.1, 0.15) is 15.9 Å². The molecule has 156 valence electrons.